The average molecular weight is 906 g/mol. The van der Waals surface area contributed by atoms with Gasteiger partial charge in [-0.25, -0.2) is 4.79 Å². The van der Waals surface area contributed by atoms with Crippen LogP contribution in [0.4, 0.5) is 0 Å². The molecular weight excluding hydrogens is 836 g/mol. The number of guanidine groups is 1. The minimum absolute atomic E-state index is 0.00359. The number of nitrogens with two attached hydrogens (primary N) is 5. The zero-order chi connectivity index (χ0) is 49.9. The second kappa shape index (κ2) is 27.5. The lowest BCUT2D eigenvalue weighted by molar-refractivity contribution is -0.161. The molecule has 0 aliphatic carbocycles. The first-order valence-electron chi connectivity index (χ1n) is 20.6. The number of rotatable bonds is 28. The standard InChI is InChI=1S/C37H68N12O14/c1-8-17(6)25(34(60)48-26(18(7)51)33(59)44-13-22(52)49(21(14-50)36(62)63)35(61)24(39)28(54)29(40)55)47-30(56)19(10-9-11-43-37(41)42)45-31(57)20(12-15(2)3)46-32(58)23(38)27(53)16(4)5/h15-21,23-28,50-51,53-54H,8-14,38-39H2,1-7H3,(H2,40,55)(H,44,59)(H,45,57)(H,46,58)(H,47,56)(H,48,60)(H,62,63)(H4,41,42,43)/t17-,18-,19-,20-,21-,23-,24-,25-,26-,27+,28-/m0/s1/i/hD. The van der Waals surface area contributed by atoms with Gasteiger partial charge in [-0.15, -0.1) is 0 Å². The quantitative estimate of drug-likeness (QED) is 0.0197. The maximum absolute atomic E-state index is 14.0. The molecule has 11 atom stereocenters. The minimum atomic E-state index is -2.39. The lowest BCUT2D eigenvalue weighted by Gasteiger charge is -2.30. The average Bonchev–Trinajstić information content (AvgIpc) is 3.22. The SMILES string of the molecule is [2H]N(C(=O)[C@@H](N)[C@H](O)C(C)C)[C@@H](CC(C)C)C(=O)N[C@@H](CCCN=C(N)N)C(=O)N[C@H](C(=O)N[C@H](C(=O)NCC(=O)N(C(=O)[C@@H](N)[C@H](O)C(N)=O)[C@@H](CO)C(=O)O)[C@H](C)O)[C@@H](C)CC. The van der Waals surface area contributed by atoms with E-state index < -0.39 is 139 Å². The molecule has 0 aliphatic rings. The van der Waals surface area contributed by atoms with Gasteiger partial charge in [-0.05, 0) is 43.9 Å². The predicted octanol–water partition coefficient (Wildman–Crippen LogP) is -7.11. The summed E-state index contributed by atoms with van der Waals surface area (Å²) in [6.07, 6.45) is -5.33. The summed E-state index contributed by atoms with van der Waals surface area (Å²) in [7, 11) is 0. The maximum atomic E-state index is 14.0. The van der Waals surface area contributed by atoms with E-state index >= 15 is 0 Å². The van der Waals surface area contributed by atoms with Crippen LogP contribution in [0, 0.1) is 17.8 Å². The van der Waals surface area contributed by atoms with E-state index in [-0.39, 0.29) is 49.0 Å². The van der Waals surface area contributed by atoms with Crippen LogP contribution >= 0.6 is 0 Å². The summed E-state index contributed by atoms with van der Waals surface area (Å²) in [5, 5.41) is 59.6. The van der Waals surface area contributed by atoms with E-state index in [1.54, 1.807) is 41.5 Å². The molecule has 0 fully saturated rings. The van der Waals surface area contributed by atoms with Gasteiger partial charge in [0.05, 0.1) is 25.4 Å². The first-order valence-corrected chi connectivity index (χ1v) is 20.2. The molecule has 26 heteroatoms. The number of carbonyl (C=O) groups is 9. The maximum Gasteiger partial charge on any atom is 0.329 e. The molecule has 20 N–H and O–H groups in total. The monoisotopic (exact) mass is 906 g/mol. The molecule has 0 spiro atoms. The van der Waals surface area contributed by atoms with Gasteiger partial charge < -0.3 is 80.8 Å². The highest BCUT2D eigenvalue weighted by Crippen LogP contribution is 2.13. The Hall–Kier alpha value is -5.54. The highest BCUT2D eigenvalue weighted by Gasteiger charge is 2.41. The highest BCUT2D eigenvalue weighted by molar-refractivity contribution is 6.05. The van der Waals surface area contributed by atoms with Gasteiger partial charge in [0.25, 0.3) is 0 Å². The largest absolute Gasteiger partial charge is 0.480 e. The van der Waals surface area contributed by atoms with Crippen LogP contribution in [0.25, 0.3) is 0 Å². The molecule has 0 heterocycles. The van der Waals surface area contributed by atoms with Crippen molar-refractivity contribution in [2.24, 2.45) is 51.4 Å². The Bertz CT molecular complexity index is 1670. The van der Waals surface area contributed by atoms with Crippen molar-refractivity contribution in [1.29, 1.82) is 0 Å². The van der Waals surface area contributed by atoms with E-state index in [9.17, 15) is 68.7 Å². The summed E-state index contributed by atoms with van der Waals surface area (Å²) in [5.41, 5.74) is 27.2. The number of aliphatic hydroxyl groups is 4. The summed E-state index contributed by atoms with van der Waals surface area (Å²) in [4.78, 5) is 121. The number of amides is 8. The van der Waals surface area contributed by atoms with Gasteiger partial charge in [-0.3, -0.25) is 48.2 Å². The molecule has 8 amide bonds. The fraction of sp³-hybridized carbons (Fsp3) is 0.730. The topological polar surface area (TPSA) is 461 Å². The van der Waals surface area contributed by atoms with Gasteiger partial charge in [-0.2, -0.15) is 0 Å². The molecular formula is C37H68N12O14. The molecule has 360 valence electrons. The van der Waals surface area contributed by atoms with Crippen LogP contribution in [0.3, 0.4) is 0 Å². The summed E-state index contributed by atoms with van der Waals surface area (Å²) in [6, 6.07) is -12.5. The minimum Gasteiger partial charge on any atom is -0.480 e. The molecule has 0 saturated heterocycles. The van der Waals surface area contributed by atoms with E-state index in [0.717, 1.165) is 6.92 Å². The molecule has 0 aromatic rings. The molecule has 0 radical (unpaired) electrons. The third-order valence-corrected chi connectivity index (χ3v) is 9.66. The second-order valence-corrected chi connectivity index (χ2v) is 15.7. The Morgan fingerprint density at radius 3 is 1.78 bits per heavy atom. The number of aliphatic hydroxyl groups excluding tert-OH is 4. The number of aliphatic carboxylic acids is 1. The summed E-state index contributed by atoms with van der Waals surface area (Å²) in [6.45, 7) is 8.33. The fourth-order valence-corrected chi connectivity index (χ4v) is 5.66. The van der Waals surface area contributed by atoms with Crippen LogP contribution in [-0.2, 0) is 43.2 Å². The van der Waals surface area contributed by atoms with Gasteiger partial charge in [0.15, 0.2) is 19.5 Å². The first kappa shape index (κ1) is 55.5. The zero-order valence-electron chi connectivity index (χ0n) is 37.6. The van der Waals surface area contributed by atoms with Crippen molar-refractivity contribution in [3.8, 4) is 0 Å². The Kier molecular flexibility index (Phi) is 24.2. The number of carbonyl (C=O) groups excluding carboxylic acids is 8. The lowest BCUT2D eigenvalue weighted by Crippen LogP contribution is -2.63. The van der Waals surface area contributed by atoms with Crippen molar-refractivity contribution in [2.75, 3.05) is 19.7 Å². The number of carboxylic acids is 1. The van der Waals surface area contributed by atoms with E-state index in [0.29, 0.717) is 5.31 Å². The molecule has 26 nitrogen and oxygen atoms in total. The number of aliphatic imine (C=N–C) groups is 1. The number of nitrogens with zero attached hydrogens (tertiary/aromatic N) is 2. The van der Waals surface area contributed by atoms with Gasteiger partial charge in [0.1, 0.15) is 36.3 Å². The fourth-order valence-electron chi connectivity index (χ4n) is 5.66. The zero-order valence-corrected chi connectivity index (χ0v) is 36.6. The summed E-state index contributed by atoms with van der Waals surface area (Å²) in [5.74, 6) is -13.6. The van der Waals surface area contributed by atoms with Gasteiger partial charge in [0, 0.05) is 6.54 Å². The van der Waals surface area contributed by atoms with E-state index in [2.05, 4.69) is 20.9 Å². The molecule has 0 unspecified atom stereocenters. The van der Waals surface area contributed by atoms with Crippen LogP contribution in [0.2, 0.25) is 1.41 Å². The molecule has 0 bridgehead atoms. The molecule has 63 heavy (non-hydrogen) atoms. The van der Waals surface area contributed by atoms with Crippen molar-refractivity contribution < 1.29 is 70.1 Å². The van der Waals surface area contributed by atoms with Crippen LogP contribution in [-0.4, -0.2) is 170 Å². The van der Waals surface area contributed by atoms with Crippen molar-refractivity contribution in [1.82, 2.24) is 31.5 Å². The number of hydrogen-bond donors (Lipinski definition) is 15. The number of imide groups is 1. The van der Waals surface area contributed by atoms with Gasteiger partial charge in [0.2, 0.25) is 47.3 Å². The van der Waals surface area contributed by atoms with Crippen molar-refractivity contribution in [2.45, 2.75) is 135 Å². The number of carboxylic acid groups (broad SMARTS) is 1. The first-order chi connectivity index (χ1) is 29.6. The highest BCUT2D eigenvalue weighted by atomic mass is 16.4. The smallest absolute Gasteiger partial charge is 0.329 e. The van der Waals surface area contributed by atoms with E-state index in [1.165, 1.54) is 0 Å². The summed E-state index contributed by atoms with van der Waals surface area (Å²) >= 11 is 0. The number of primary amides is 1. The van der Waals surface area contributed by atoms with Crippen molar-refractivity contribution >= 4 is 59.2 Å². The normalized spacial score (nSPS) is 16.8. The number of nitrogens with one attached hydrogen (secondary N) is 5. The third kappa shape index (κ3) is 18.8. The van der Waals surface area contributed by atoms with Crippen molar-refractivity contribution in [3.63, 3.8) is 0 Å². The molecule has 0 aliphatic heterocycles. The van der Waals surface area contributed by atoms with Crippen LogP contribution in [0.1, 0.15) is 74.1 Å². The molecule has 0 saturated carbocycles. The van der Waals surface area contributed by atoms with Gasteiger partial charge >= 0.3 is 5.97 Å². The van der Waals surface area contributed by atoms with Crippen molar-refractivity contribution in [3.05, 3.63) is 0 Å². The Morgan fingerprint density at radius 1 is 0.762 bits per heavy atom. The third-order valence-electron chi connectivity index (χ3n) is 9.66. The lowest BCUT2D eigenvalue weighted by atomic mass is 9.96. The Balaban J connectivity index is 6.62. The van der Waals surface area contributed by atoms with Gasteiger partial charge in [-0.1, -0.05) is 48.0 Å². The van der Waals surface area contributed by atoms with Crippen LogP contribution in [0.15, 0.2) is 4.99 Å². The molecule has 0 aromatic carbocycles. The Morgan fingerprint density at radius 2 is 1.32 bits per heavy atom. The molecule has 0 aromatic heterocycles. The summed E-state index contributed by atoms with van der Waals surface area (Å²) < 4.78 is 8.54. The Labute approximate surface area is 366 Å². The van der Waals surface area contributed by atoms with Crippen LogP contribution in [0.5, 0.6) is 0 Å². The van der Waals surface area contributed by atoms with E-state index in [4.69, 9.17) is 30.1 Å². The second-order valence-electron chi connectivity index (χ2n) is 15.7. The van der Waals surface area contributed by atoms with E-state index in [1.807, 2.05) is 5.32 Å². The molecule has 0 rings (SSSR count). The number of hydrogen-bond acceptors (Lipinski definition) is 16. The van der Waals surface area contributed by atoms with Crippen LogP contribution < -0.4 is 55.2 Å². The predicted molar refractivity (Wildman–Crippen MR) is 224 cm³/mol.